The van der Waals surface area contributed by atoms with E-state index in [1.165, 1.54) is 49.8 Å². The molecule has 2 aromatic rings. The highest BCUT2D eigenvalue weighted by Crippen LogP contribution is 2.44. The van der Waals surface area contributed by atoms with Crippen LogP contribution in [0.4, 0.5) is 30.7 Å². The van der Waals surface area contributed by atoms with Crippen LogP contribution in [-0.4, -0.2) is 122 Å². The lowest BCUT2D eigenvalue weighted by atomic mass is 9.83. The predicted octanol–water partition coefficient (Wildman–Crippen LogP) is 6.00. The second-order valence-corrected chi connectivity index (χ2v) is 15.6. The van der Waals surface area contributed by atoms with Gasteiger partial charge in [-0.25, -0.2) is 13.8 Å². The number of carbonyl (C=O) groups is 1. The van der Waals surface area contributed by atoms with Crippen molar-refractivity contribution in [3.8, 4) is 0 Å². The molecule has 0 saturated heterocycles. The largest absolute Gasteiger partial charge is 0.403 e. The molecule has 6 unspecified atom stereocenters. The molecule has 1 amide bonds. The van der Waals surface area contributed by atoms with Gasteiger partial charge in [-0.3, -0.25) is 4.79 Å². The zero-order valence-corrected chi connectivity index (χ0v) is 33.8. The Morgan fingerprint density at radius 2 is 1.27 bits per heavy atom. The van der Waals surface area contributed by atoms with E-state index < -0.39 is 97.2 Å². The van der Waals surface area contributed by atoms with E-state index in [4.69, 9.17) is 18.9 Å². The van der Waals surface area contributed by atoms with Gasteiger partial charge < -0.3 is 29.0 Å². The van der Waals surface area contributed by atoms with Crippen molar-refractivity contribution in [1.29, 1.82) is 0 Å². The summed E-state index contributed by atoms with van der Waals surface area (Å²) in [6, 6.07) is 0. The number of aliphatic hydroxyl groups excluding tert-OH is 1. The van der Waals surface area contributed by atoms with Crippen LogP contribution in [0.25, 0.3) is 0 Å². The Morgan fingerprint density at radius 1 is 0.782 bits per heavy atom. The Hall–Kier alpha value is -2.94. The van der Waals surface area contributed by atoms with Gasteiger partial charge >= 0.3 is 12.4 Å². The lowest BCUT2D eigenvalue weighted by Gasteiger charge is -2.41. The molecule has 0 saturated carbocycles. The summed E-state index contributed by atoms with van der Waals surface area (Å²) in [7, 11) is 2.88. The first kappa shape index (κ1) is 48.2. The minimum absolute atomic E-state index is 0.0116. The van der Waals surface area contributed by atoms with Crippen molar-refractivity contribution in [3.05, 3.63) is 23.8 Å². The molecular weight excluding hydrogens is 747 g/mol. The first-order chi connectivity index (χ1) is 25.1. The van der Waals surface area contributed by atoms with E-state index >= 15 is 17.6 Å². The average Bonchev–Trinajstić information content (AvgIpc) is 3.74. The standard InChI is InChI=1S/C35H58F7N7O6/c1-13-32(9,36)25(34(37,38)39)19-54-33(10,14-2)28(35(40,41)42)29(51)47(15-23-17-48(45-43-23)30(5,6)26(50)20-52-11)16-24-18-49(46-44-24)31(7,8)27(21-53-12)55-22(3)4/h17-18,22,25-28,50H,13-16,19-21H2,1-12H3. The SMILES string of the molecule is CCC(C)(F)C(COC(C)(CC)C(C(=O)N(Cc1cn(C(C)(C)C(O)COC)nn1)Cc1cn(C(C)(C)C(COC)OC(C)C)nn1)C(F)(F)F)C(F)(F)F. The molecular formula is C35H58F7N7O6. The first-order valence-corrected chi connectivity index (χ1v) is 18.0. The van der Waals surface area contributed by atoms with Crippen LogP contribution in [0.2, 0.25) is 0 Å². The highest BCUT2D eigenvalue weighted by atomic mass is 19.4. The minimum atomic E-state index is -5.34. The van der Waals surface area contributed by atoms with E-state index in [0.717, 1.165) is 11.8 Å². The van der Waals surface area contributed by atoms with Crippen molar-refractivity contribution >= 4 is 5.91 Å². The zero-order valence-electron chi connectivity index (χ0n) is 33.8. The van der Waals surface area contributed by atoms with E-state index in [9.17, 15) is 23.1 Å². The zero-order chi connectivity index (χ0) is 42.4. The third-order valence-electron chi connectivity index (χ3n) is 10.2. The van der Waals surface area contributed by atoms with Crippen molar-refractivity contribution < 1.29 is 59.6 Å². The summed E-state index contributed by atoms with van der Waals surface area (Å²) in [6.07, 6.45) is -10.7. The Morgan fingerprint density at radius 3 is 1.67 bits per heavy atom. The number of nitrogens with zero attached hydrogens (tertiary/aromatic N) is 7. The maximum absolute atomic E-state index is 15.1. The van der Waals surface area contributed by atoms with E-state index in [1.54, 1.807) is 27.7 Å². The number of carbonyl (C=O) groups excluding carboxylic acids is 1. The van der Waals surface area contributed by atoms with E-state index in [1.807, 2.05) is 13.8 Å². The van der Waals surface area contributed by atoms with Crippen LogP contribution in [0.3, 0.4) is 0 Å². The number of aliphatic hydroxyl groups is 1. The van der Waals surface area contributed by atoms with E-state index in [0.29, 0.717) is 6.92 Å². The molecule has 0 radical (unpaired) electrons. The fourth-order valence-electron chi connectivity index (χ4n) is 5.91. The molecule has 1 N–H and O–H groups in total. The maximum Gasteiger partial charge on any atom is 0.403 e. The molecule has 0 fully saturated rings. The van der Waals surface area contributed by atoms with Crippen LogP contribution in [0, 0.1) is 11.8 Å². The Balaban J connectivity index is 2.68. The number of hydrogen-bond acceptors (Lipinski definition) is 10. The van der Waals surface area contributed by atoms with Gasteiger partial charge in [-0.1, -0.05) is 24.3 Å². The molecule has 6 atom stereocenters. The van der Waals surface area contributed by atoms with Crippen molar-refractivity contribution in [3.63, 3.8) is 0 Å². The number of methoxy groups -OCH3 is 2. The molecule has 0 aliphatic heterocycles. The normalized spacial score (nSPS) is 17.8. The van der Waals surface area contributed by atoms with Crippen LogP contribution >= 0.6 is 0 Å². The molecule has 13 nitrogen and oxygen atoms in total. The highest BCUT2D eigenvalue weighted by Gasteiger charge is 2.59. The molecule has 20 heteroatoms. The number of amides is 1. The van der Waals surface area contributed by atoms with Gasteiger partial charge in [-0.15, -0.1) is 10.2 Å². The van der Waals surface area contributed by atoms with Gasteiger partial charge in [0.15, 0.2) is 5.92 Å². The van der Waals surface area contributed by atoms with Crippen LogP contribution in [0.5, 0.6) is 0 Å². The topological polar surface area (TPSA) is 139 Å². The second-order valence-electron chi connectivity index (χ2n) is 15.6. The van der Waals surface area contributed by atoms with Crippen LogP contribution in [0.15, 0.2) is 12.4 Å². The van der Waals surface area contributed by atoms with Crippen LogP contribution in [0.1, 0.15) is 93.5 Å². The van der Waals surface area contributed by atoms with Gasteiger partial charge in [-0.05, 0) is 68.2 Å². The Kier molecular flexibility index (Phi) is 16.3. The lowest BCUT2D eigenvalue weighted by molar-refractivity contribution is -0.261. The van der Waals surface area contributed by atoms with Gasteiger partial charge in [-0.2, -0.15) is 26.3 Å². The van der Waals surface area contributed by atoms with E-state index in [-0.39, 0.29) is 30.7 Å². The number of ether oxygens (including phenoxy) is 4. The van der Waals surface area contributed by atoms with Gasteiger partial charge in [0.2, 0.25) is 5.91 Å². The summed E-state index contributed by atoms with van der Waals surface area (Å²) in [5.74, 6) is -7.36. The highest BCUT2D eigenvalue weighted by molar-refractivity contribution is 5.81. The second kappa shape index (κ2) is 18.5. The molecule has 0 aliphatic rings. The molecule has 0 bridgehead atoms. The maximum atomic E-state index is 15.1. The van der Waals surface area contributed by atoms with Gasteiger partial charge in [0.05, 0.1) is 68.1 Å². The summed E-state index contributed by atoms with van der Waals surface area (Å²) in [4.78, 5) is 15.1. The molecule has 2 rings (SSSR count). The van der Waals surface area contributed by atoms with Gasteiger partial charge in [0, 0.05) is 14.2 Å². The smallest absolute Gasteiger partial charge is 0.388 e. The first-order valence-electron chi connectivity index (χ1n) is 18.0. The Labute approximate surface area is 318 Å². The lowest BCUT2D eigenvalue weighted by Crippen LogP contribution is -2.55. The summed E-state index contributed by atoms with van der Waals surface area (Å²) in [5.41, 5.74) is -7.39. The fraction of sp³-hybridized carbons (Fsp3) is 0.857. The van der Waals surface area contributed by atoms with Crippen LogP contribution in [-0.2, 0) is 47.9 Å². The summed E-state index contributed by atoms with van der Waals surface area (Å²) in [5, 5.41) is 27.0. The van der Waals surface area contributed by atoms with Gasteiger partial charge in [0.25, 0.3) is 0 Å². The molecule has 0 spiro atoms. The van der Waals surface area contributed by atoms with Crippen molar-refractivity contribution in [2.24, 2.45) is 11.8 Å². The third kappa shape index (κ3) is 12.0. The fourth-order valence-corrected chi connectivity index (χ4v) is 5.91. The van der Waals surface area contributed by atoms with Gasteiger partial charge in [0.1, 0.15) is 35.2 Å². The number of hydrogen-bond donors (Lipinski definition) is 1. The predicted molar refractivity (Wildman–Crippen MR) is 186 cm³/mol. The number of alkyl halides is 7. The molecule has 0 aromatic carbocycles. The van der Waals surface area contributed by atoms with E-state index in [2.05, 4.69) is 20.6 Å². The van der Waals surface area contributed by atoms with Crippen LogP contribution < -0.4 is 0 Å². The quantitative estimate of drug-likeness (QED) is 0.141. The van der Waals surface area contributed by atoms with Crippen molar-refractivity contribution in [1.82, 2.24) is 34.9 Å². The monoisotopic (exact) mass is 805 g/mol. The molecule has 2 heterocycles. The average molecular weight is 806 g/mol. The third-order valence-corrected chi connectivity index (χ3v) is 10.2. The number of aromatic nitrogens is 6. The minimum Gasteiger partial charge on any atom is -0.388 e. The molecule has 2 aromatic heterocycles. The number of rotatable bonds is 22. The van der Waals surface area contributed by atoms with Crippen molar-refractivity contribution in [2.75, 3.05) is 34.0 Å². The molecule has 55 heavy (non-hydrogen) atoms. The summed E-state index contributed by atoms with van der Waals surface area (Å²) >= 11 is 0. The summed E-state index contributed by atoms with van der Waals surface area (Å²) in [6.45, 7) is 12.0. The summed E-state index contributed by atoms with van der Waals surface area (Å²) < 4.78 is 127. The van der Waals surface area contributed by atoms with Crippen molar-refractivity contribution in [2.45, 2.75) is 148 Å². The molecule has 0 aliphatic carbocycles. The number of halogens is 7. The Bertz CT molecular complexity index is 1500. The molecule has 318 valence electrons.